The maximum Gasteiger partial charge on any atom is 0.417 e. The highest BCUT2D eigenvalue weighted by molar-refractivity contribution is 7.26. The first-order valence-corrected chi connectivity index (χ1v) is 20.9. The summed E-state index contributed by atoms with van der Waals surface area (Å²) in [5, 5.41) is 19.9. The lowest BCUT2D eigenvalue weighted by molar-refractivity contribution is -0.137. The lowest BCUT2D eigenvalue weighted by atomic mass is 9.92. The first-order chi connectivity index (χ1) is 28.8. The van der Waals surface area contributed by atoms with Crippen LogP contribution in [0, 0.1) is 18.3 Å². The van der Waals surface area contributed by atoms with Crippen molar-refractivity contribution in [3.05, 3.63) is 168 Å². The van der Waals surface area contributed by atoms with Crippen LogP contribution in [0.3, 0.4) is 0 Å². The average Bonchev–Trinajstić information content (AvgIpc) is 4.00. The van der Waals surface area contributed by atoms with Crippen LogP contribution in [-0.4, -0.2) is 9.13 Å². The van der Waals surface area contributed by atoms with Crippen molar-refractivity contribution in [3.63, 3.8) is 0 Å². The zero-order valence-electron chi connectivity index (χ0n) is 31.2. The van der Waals surface area contributed by atoms with Gasteiger partial charge in [-0.05, 0) is 78.2 Å². The number of nitriles is 1. The van der Waals surface area contributed by atoms with E-state index < -0.39 is 11.7 Å². The molecule has 4 aromatic heterocycles. The number of thiophene rings is 2. The Morgan fingerprint density at radius 2 is 0.983 bits per heavy atom. The van der Waals surface area contributed by atoms with Gasteiger partial charge in [0.2, 0.25) is 0 Å². The summed E-state index contributed by atoms with van der Waals surface area (Å²) >= 11 is 3.41. The fourth-order valence-corrected chi connectivity index (χ4v) is 11.8. The lowest BCUT2D eigenvalue weighted by Gasteiger charge is -2.21. The Balaban J connectivity index is 1.33. The summed E-state index contributed by atoms with van der Waals surface area (Å²) < 4.78 is 54.2. The van der Waals surface area contributed by atoms with E-state index in [1.54, 1.807) is 35.7 Å². The third kappa shape index (κ3) is 4.74. The molecule has 0 saturated carbocycles. The van der Waals surface area contributed by atoms with Gasteiger partial charge in [-0.2, -0.15) is 18.4 Å². The second-order valence-corrected chi connectivity index (χ2v) is 17.2. The van der Waals surface area contributed by atoms with E-state index in [2.05, 4.69) is 75.9 Å². The molecular weight excluding hydrogens is 776 g/mol. The molecule has 12 rings (SSSR count). The molecule has 0 atom stereocenters. The van der Waals surface area contributed by atoms with E-state index in [0.29, 0.717) is 28.1 Å². The van der Waals surface area contributed by atoms with E-state index in [-0.39, 0.29) is 5.56 Å². The van der Waals surface area contributed by atoms with Gasteiger partial charge in [-0.25, -0.2) is 0 Å². The van der Waals surface area contributed by atoms with Crippen molar-refractivity contribution in [1.82, 2.24) is 9.13 Å². The van der Waals surface area contributed by atoms with Gasteiger partial charge in [-0.3, -0.25) is 0 Å². The SMILES string of the molecule is Cc1cccc(C(F)(F)F)c1-c1cc(-n2c3ccccc3c3ccc4sc5ccccc5c4c32)c(C#N)c(-n2c3ccccc3c3ccc4sc5ccccc5c4c32)c1. The number of benzene rings is 8. The fraction of sp³-hybridized carbons (Fsp3) is 0.0392. The minimum absolute atomic E-state index is 0.0887. The zero-order chi connectivity index (χ0) is 39.7. The number of fused-ring (bicyclic) bond motifs is 14. The van der Waals surface area contributed by atoms with Crippen LogP contribution >= 0.6 is 22.7 Å². The highest BCUT2D eigenvalue weighted by Crippen LogP contribution is 2.48. The Kier molecular flexibility index (Phi) is 7.12. The number of hydrogen-bond acceptors (Lipinski definition) is 3. The van der Waals surface area contributed by atoms with Crippen molar-refractivity contribution < 1.29 is 13.2 Å². The Morgan fingerprint density at radius 3 is 1.47 bits per heavy atom. The third-order valence-electron chi connectivity index (χ3n) is 11.9. The molecule has 0 fully saturated rings. The van der Waals surface area contributed by atoms with Crippen molar-refractivity contribution >= 4 is 107 Å². The number of nitrogens with zero attached hydrogens (tertiary/aromatic N) is 3. The summed E-state index contributed by atoms with van der Waals surface area (Å²) in [4.78, 5) is 0. The maximum atomic E-state index is 15.2. The second kappa shape index (κ2) is 12.3. The minimum atomic E-state index is -4.63. The normalized spacial score (nSPS) is 12.4. The number of hydrogen-bond donors (Lipinski definition) is 0. The Labute approximate surface area is 342 Å². The summed E-state index contributed by atoms with van der Waals surface area (Å²) in [6, 6.07) is 52.0. The highest BCUT2D eigenvalue weighted by atomic mass is 32.1. The summed E-state index contributed by atoms with van der Waals surface area (Å²) in [6.45, 7) is 1.73. The van der Waals surface area contributed by atoms with Crippen molar-refractivity contribution in [2.45, 2.75) is 13.1 Å². The molecule has 0 N–H and O–H groups in total. The van der Waals surface area contributed by atoms with Crippen LogP contribution in [0.4, 0.5) is 13.2 Å². The van der Waals surface area contributed by atoms with Crippen molar-refractivity contribution in [2.24, 2.45) is 0 Å². The van der Waals surface area contributed by atoms with E-state index in [9.17, 15) is 5.26 Å². The van der Waals surface area contributed by atoms with Gasteiger partial charge in [0, 0.05) is 61.9 Å². The molecule has 8 heteroatoms. The molecule has 3 nitrogen and oxygen atoms in total. The van der Waals surface area contributed by atoms with Gasteiger partial charge < -0.3 is 9.13 Å². The van der Waals surface area contributed by atoms with E-state index in [1.165, 1.54) is 6.07 Å². The Bertz CT molecular complexity index is 3610. The monoisotopic (exact) mass is 803 g/mol. The fourth-order valence-electron chi connectivity index (χ4n) is 9.54. The van der Waals surface area contributed by atoms with Gasteiger partial charge in [0.1, 0.15) is 11.6 Å². The molecule has 0 unspecified atom stereocenters. The maximum absolute atomic E-state index is 15.2. The number of para-hydroxylation sites is 2. The summed E-state index contributed by atoms with van der Waals surface area (Å²) in [5.74, 6) is 0. The number of aromatic nitrogens is 2. The average molecular weight is 804 g/mol. The molecule has 0 radical (unpaired) electrons. The topological polar surface area (TPSA) is 33.6 Å². The van der Waals surface area contributed by atoms with Crippen LogP contribution in [0.25, 0.3) is 106 Å². The van der Waals surface area contributed by atoms with Crippen LogP contribution < -0.4 is 0 Å². The predicted octanol–water partition coefficient (Wildman–Crippen LogP) is 15.5. The highest BCUT2D eigenvalue weighted by Gasteiger charge is 2.35. The van der Waals surface area contributed by atoms with E-state index in [4.69, 9.17) is 0 Å². The molecule has 4 heterocycles. The number of halogens is 3. The number of rotatable bonds is 3. The molecule has 59 heavy (non-hydrogen) atoms. The van der Waals surface area contributed by atoms with E-state index >= 15 is 13.2 Å². The van der Waals surface area contributed by atoms with Crippen LogP contribution in [0.5, 0.6) is 0 Å². The van der Waals surface area contributed by atoms with Gasteiger partial charge in [0.25, 0.3) is 0 Å². The molecule has 0 saturated heterocycles. The van der Waals surface area contributed by atoms with Gasteiger partial charge in [-0.15, -0.1) is 22.7 Å². The molecule has 0 aliphatic heterocycles. The van der Waals surface area contributed by atoms with Crippen LogP contribution in [0.1, 0.15) is 16.7 Å². The summed E-state index contributed by atoms with van der Waals surface area (Å²) in [5.41, 5.74) is 5.16. The summed E-state index contributed by atoms with van der Waals surface area (Å²) in [6.07, 6.45) is -4.63. The standard InChI is InChI=1S/C51H28F3N3S2/c1-28-11-10-16-37(51(52,53)54)46(28)29-25-40(56-38-17-6-2-12-30(38)32-21-23-44-47(49(32)56)34-14-4-8-19-42(34)58-44)36(27-55)41(26-29)57-39-18-7-3-13-31(39)33-22-24-45-48(50(33)57)35-15-5-9-20-43(35)59-45/h2-26H,1H3. The predicted molar refractivity (Wildman–Crippen MR) is 241 cm³/mol. The number of aryl methyl sites for hydroxylation is 1. The Hall–Kier alpha value is -6.92. The van der Waals surface area contributed by atoms with Gasteiger partial charge >= 0.3 is 6.18 Å². The van der Waals surface area contributed by atoms with Crippen LogP contribution in [0.15, 0.2) is 152 Å². The molecule has 8 aromatic carbocycles. The quantitative estimate of drug-likeness (QED) is 0.175. The minimum Gasteiger partial charge on any atom is -0.307 e. The van der Waals surface area contributed by atoms with E-state index in [0.717, 1.165) is 90.0 Å². The molecule has 12 aromatic rings. The van der Waals surface area contributed by atoms with Gasteiger partial charge in [0.05, 0.1) is 39.0 Å². The van der Waals surface area contributed by atoms with Crippen LogP contribution in [0.2, 0.25) is 0 Å². The van der Waals surface area contributed by atoms with Gasteiger partial charge in [0.15, 0.2) is 0 Å². The first-order valence-electron chi connectivity index (χ1n) is 19.2. The first kappa shape index (κ1) is 34.1. The van der Waals surface area contributed by atoms with Crippen molar-refractivity contribution in [3.8, 4) is 28.6 Å². The van der Waals surface area contributed by atoms with Crippen molar-refractivity contribution in [1.29, 1.82) is 5.26 Å². The Morgan fingerprint density at radius 1 is 0.508 bits per heavy atom. The molecule has 0 aliphatic carbocycles. The third-order valence-corrected chi connectivity index (χ3v) is 14.2. The molecule has 0 amide bonds. The second-order valence-electron chi connectivity index (χ2n) is 15.1. The van der Waals surface area contributed by atoms with E-state index in [1.807, 2.05) is 72.8 Å². The molecule has 280 valence electrons. The molecule has 0 spiro atoms. The van der Waals surface area contributed by atoms with Gasteiger partial charge in [-0.1, -0.05) is 97.1 Å². The zero-order valence-corrected chi connectivity index (χ0v) is 32.9. The van der Waals surface area contributed by atoms with Crippen molar-refractivity contribution in [2.75, 3.05) is 0 Å². The molecule has 0 bridgehead atoms. The number of alkyl halides is 3. The smallest absolute Gasteiger partial charge is 0.307 e. The summed E-state index contributed by atoms with van der Waals surface area (Å²) in [7, 11) is 0. The lowest BCUT2D eigenvalue weighted by Crippen LogP contribution is -2.10. The molecule has 0 aliphatic rings. The van der Waals surface area contributed by atoms with Crippen LogP contribution in [-0.2, 0) is 6.18 Å². The molecular formula is C51H28F3N3S2. The largest absolute Gasteiger partial charge is 0.417 e.